The predicted molar refractivity (Wildman–Crippen MR) is 72.2 cm³/mol. The summed E-state index contributed by atoms with van der Waals surface area (Å²) in [7, 11) is 4.17. The van der Waals surface area contributed by atoms with Gasteiger partial charge in [-0.2, -0.15) is 0 Å². The number of aryl methyl sites for hydroxylation is 1. The van der Waals surface area contributed by atoms with Gasteiger partial charge in [0.15, 0.2) is 0 Å². The van der Waals surface area contributed by atoms with Crippen LogP contribution in [0.5, 0.6) is 0 Å². The zero-order valence-corrected chi connectivity index (χ0v) is 11.2. The average Bonchev–Trinajstić information content (AvgIpc) is 2.16. The quantitative estimate of drug-likeness (QED) is 0.820. The third-order valence-electron chi connectivity index (χ3n) is 2.76. The summed E-state index contributed by atoms with van der Waals surface area (Å²) in [5, 5.41) is 3.25. The summed E-state index contributed by atoms with van der Waals surface area (Å²) < 4.78 is 0. The maximum absolute atomic E-state index is 3.25. The molecule has 0 aliphatic heterocycles. The molecule has 0 radical (unpaired) electrons. The van der Waals surface area contributed by atoms with Gasteiger partial charge in [-0.05, 0) is 37.1 Å². The van der Waals surface area contributed by atoms with E-state index in [0.29, 0.717) is 0 Å². The van der Waals surface area contributed by atoms with Gasteiger partial charge in [0.1, 0.15) is 0 Å². The highest BCUT2D eigenvalue weighted by atomic mass is 15.1. The fourth-order valence-electron chi connectivity index (χ4n) is 2.13. The van der Waals surface area contributed by atoms with E-state index in [-0.39, 0.29) is 5.41 Å². The van der Waals surface area contributed by atoms with E-state index in [4.69, 9.17) is 0 Å². The van der Waals surface area contributed by atoms with Crippen LogP contribution in [0.3, 0.4) is 0 Å². The molecule has 0 spiro atoms. The summed E-state index contributed by atoms with van der Waals surface area (Å²) >= 11 is 0. The molecular formula is C14H24N2. The lowest BCUT2D eigenvalue weighted by molar-refractivity contribution is 0.358. The van der Waals surface area contributed by atoms with E-state index >= 15 is 0 Å². The molecule has 1 aromatic carbocycles. The van der Waals surface area contributed by atoms with Crippen molar-refractivity contribution in [3.05, 3.63) is 29.8 Å². The van der Waals surface area contributed by atoms with Crippen LogP contribution in [-0.4, -0.2) is 27.2 Å². The van der Waals surface area contributed by atoms with Gasteiger partial charge in [-0.1, -0.05) is 26.0 Å². The number of nitrogens with zero attached hydrogens (tertiary/aromatic N) is 1. The molecule has 90 valence electrons. The number of rotatable bonds is 5. The second-order valence-corrected chi connectivity index (χ2v) is 5.39. The Morgan fingerprint density at radius 1 is 1.31 bits per heavy atom. The predicted octanol–water partition coefficient (Wildman–Crippen LogP) is 2.68. The molecular weight excluding hydrogens is 196 g/mol. The van der Waals surface area contributed by atoms with Crippen LogP contribution in [0.4, 0.5) is 5.69 Å². The maximum atomic E-state index is 3.25. The van der Waals surface area contributed by atoms with Crippen LogP contribution in [0.15, 0.2) is 24.3 Å². The van der Waals surface area contributed by atoms with Crippen molar-refractivity contribution in [1.82, 2.24) is 5.32 Å². The number of hydrogen-bond donors (Lipinski definition) is 1. The fourth-order valence-corrected chi connectivity index (χ4v) is 2.13. The minimum absolute atomic E-state index is 0.285. The molecule has 1 N–H and O–H groups in total. The molecule has 0 aliphatic carbocycles. The highest BCUT2D eigenvalue weighted by Crippen LogP contribution is 2.20. The Bertz CT molecular complexity index is 331. The van der Waals surface area contributed by atoms with Crippen LogP contribution in [0.1, 0.15) is 19.4 Å². The lowest BCUT2D eigenvalue weighted by Gasteiger charge is -2.31. The van der Waals surface area contributed by atoms with Gasteiger partial charge in [0, 0.05) is 25.8 Å². The first-order valence-corrected chi connectivity index (χ1v) is 5.87. The van der Waals surface area contributed by atoms with Crippen LogP contribution in [0, 0.1) is 12.3 Å². The molecule has 0 saturated heterocycles. The Labute approximate surface area is 99.7 Å². The first kappa shape index (κ1) is 13.0. The number of nitrogens with one attached hydrogen (secondary N) is 1. The molecule has 16 heavy (non-hydrogen) atoms. The van der Waals surface area contributed by atoms with Crippen LogP contribution >= 0.6 is 0 Å². The molecule has 0 bridgehead atoms. The minimum atomic E-state index is 0.285. The topological polar surface area (TPSA) is 15.3 Å². The molecule has 0 fully saturated rings. The van der Waals surface area contributed by atoms with Gasteiger partial charge in [0.2, 0.25) is 0 Å². The first-order chi connectivity index (χ1) is 7.44. The van der Waals surface area contributed by atoms with Crippen molar-refractivity contribution in [2.75, 3.05) is 32.1 Å². The lowest BCUT2D eigenvalue weighted by atomic mass is 9.92. The van der Waals surface area contributed by atoms with Gasteiger partial charge < -0.3 is 10.2 Å². The monoisotopic (exact) mass is 220 g/mol. The molecule has 2 heteroatoms. The van der Waals surface area contributed by atoms with Crippen molar-refractivity contribution in [2.24, 2.45) is 5.41 Å². The zero-order valence-electron chi connectivity index (χ0n) is 11.2. The third-order valence-corrected chi connectivity index (χ3v) is 2.76. The standard InChI is InChI=1S/C14H24N2/c1-12-7-6-8-13(9-12)16(5)11-14(2,3)10-15-4/h6-9,15H,10-11H2,1-5H3. The molecule has 2 nitrogen and oxygen atoms in total. The van der Waals surface area contributed by atoms with Crippen molar-refractivity contribution in [3.8, 4) is 0 Å². The summed E-state index contributed by atoms with van der Waals surface area (Å²) in [5.41, 5.74) is 2.90. The lowest BCUT2D eigenvalue weighted by Crippen LogP contribution is -2.37. The molecule has 1 aromatic rings. The molecule has 0 aliphatic rings. The Kier molecular flexibility index (Phi) is 4.36. The van der Waals surface area contributed by atoms with Gasteiger partial charge in [-0.25, -0.2) is 0 Å². The maximum Gasteiger partial charge on any atom is 0.0366 e. The van der Waals surface area contributed by atoms with Gasteiger partial charge in [-0.3, -0.25) is 0 Å². The molecule has 0 unspecified atom stereocenters. The van der Waals surface area contributed by atoms with E-state index in [9.17, 15) is 0 Å². The Morgan fingerprint density at radius 3 is 2.56 bits per heavy atom. The Balaban J connectivity index is 2.68. The summed E-state index contributed by atoms with van der Waals surface area (Å²) in [4.78, 5) is 2.32. The molecule has 0 aromatic heterocycles. The van der Waals surface area contributed by atoms with Crippen LogP contribution < -0.4 is 10.2 Å². The van der Waals surface area contributed by atoms with Crippen LogP contribution in [0.2, 0.25) is 0 Å². The Morgan fingerprint density at radius 2 is 2.00 bits per heavy atom. The third kappa shape index (κ3) is 3.86. The normalized spacial score (nSPS) is 11.6. The number of benzene rings is 1. The summed E-state index contributed by atoms with van der Waals surface area (Å²) in [6.45, 7) is 8.79. The van der Waals surface area contributed by atoms with Gasteiger partial charge in [-0.15, -0.1) is 0 Å². The summed E-state index contributed by atoms with van der Waals surface area (Å²) in [6, 6.07) is 8.65. The van der Waals surface area contributed by atoms with E-state index < -0.39 is 0 Å². The molecule has 1 rings (SSSR count). The van der Waals surface area contributed by atoms with Crippen molar-refractivity contribution >= 4 is 5.69 Å². The van der Waals surface area contributed by atoms with E-state index in [1.807, 2.05) is 7.05 Å². The van der Waals surface area contributed by atoms with Gasteiger partial charge >= 0.3 is 0 Å². The first-order valence-electron chi connectivity index (χ1n) is 5.87. The second kappa shape index (κ2) is 5.35. The fraction of sp³-hybridized carbons (Fsp3) is 0.571. The molecule has 0 amide bonds. The Hall–Kier alpha value is -1.02. The van der Waals surface area contributed by atoms with Crippen molar-refractivity contribution < 1.29 is 0 Å². The van der Waals surface area contributed by atoms with E-state index in [0.717, 1.165) is 13.1 Å². The van der Waals surface area contributed by atoms with E-state index in [2.05, 4.69) is 62.3 Å². The molecule has 0 heterocycles. The van der Waals surface area contributed by atoms with Crippen LogP contribution in [-0.2, 0) is 0 Å². The van der Waals surface area contributed by atoms with E-state index in [1.165, 1.54) is 11.3 Å². The van der Waals surface area contributed by atoms with Crippen molar-refractivity contribution in [1.29, 1.82) is 0 Å². The van der Waals surface area contributed by atoms with Crippen molar-refractivity contribution in [2.45, 2.75) is 20.8 Å². The smallest absolute Gasteiger partial charge is 0.0366 e. The molecule has 0 atom stereocenters. The summed E-state index contributed by atoms with van der Waals surface area (Å²) in [6.07, 6.45) is 0. The zero-order chi connectivity index (χ0) is 12.2. The summed E-state index contributed by atoms with van der Waals surface area (Å²) in [5.74, 6) is 0. The van der Waals surface area contributed by atoms with Gasteiger partial charge in [0.05, 0.1) is 0 Å². The highest BCUT2D eigenvalue weighted by molar-refractivity contribution is 5.47. The second-order valence-electron chi connectivity index (χ2n) is 5.39. The van der Waals surface area contributed by atoms with Crippen LogP contribution in [0.25, 0.3) is 0 Å². The minimum Gasteiger partial charge on any atom is -0.374 e. The molecule has 0 saturated carbocycles. The number of hydrogen-bond acceptors (Lipinski definition) is 2. The highest BCUT2D eigenvalue weighted by Gasteiger charge is 2.19. The van der Waals surface area contributed by atoms with E-state index in [1.54, 1.807) is 0 Å². The SMILES string of the molecule is CNCC(C)(C)CN(C)c1cccc(C)c1. The van der Waals surface area contributed by atoms with Crippen molar-refractivity contribution in [3.63, 3.8) is 0 Å². The average molecular weight is 220 g/mol. The largest absolute Gasteiger partial charge is 0.374 e. The number of anilines is 1. The van der Waals surface area contributed by atoms with Gasteiger partial charge in [0.25, 0.3) is 0 Å².